The Hall–Kier alpha value is -0.280. The second-order valence-electron chi connectivity index (χ2n) is 3.41. The Morgan fingerprint density at radius 1 is 1.79 bits per heavy atom. The maximum atomic E-state index is 11.0. The van der Waals surface area contributed by atoms with Gasteiger partial charge in [-0.1, -0.05) is 39.7 Å². The van der Waals surface area contributed by atoms with Gasteiger partial charge < -0.3 is 5.11 Å². The monoisotopic (exact) mass is 278 g/mol. The van der Waals surface area contributed by atoms with Gasteiger partial charge in [0.1, 0.15) is 0 Å². The van der Waals surface area contributed by atoms with Crippen LogP contribution in [-0.2, 0) is 4.79 Å². The molecule has 4 heteroatoms. The first-order chi connectivity index (χ1) is 6.50. The zero-order valence-corrected chi connectivity index (χ0v) is 10.2. The van der Waals surface area contributed by atoms with Gasteiger partial charge in [0.05, 0.1) is 10.2 Å². The van der Waals surface area contributed by atoms with Gasteiger partial charge in [0, 0.05) is 5.88 Å². The van der Waals surface area contributed by atoms with Crippen LogP contribution in [-0.4, -0.2) is 21.3 Å². The van der Waals surface area contributed by atoms with Crippen molar-refractivity contribution in [2.24, 2.45) is 5.92 Å². The van der Waals surface area contributed by atoms with Crippen molar-refractivity contribution in [2.75, 3.05) is 5.88 Å². The summed E-state index contributed by atoms with van der Waals surface area (Å²) in [5, 5.41) is 9.02. The lowest BCUT2D eigenvalue weighted by Gasteiger charge is -2.32. The number of carboxylic acid groups (broad SMARTS) is 1. The molecular weight excluding hydrogens is 267 g/mol. The van der Waals surface area contributed by atoms with Crippen molar-refractivity contribution in [1.29, 1.82) is 0 Å². The Balaban J connectivity index is 2.94. The summed E-state index contributed by atoms with van der Waals surface area (Å²) in [5.74, 6) is -0.834. The Morgan fingerprint density at radius 2 is 2.43 bits per heavy atom. The first-order valence-electron chi connectivity index (χ1n) is 4.35. The van der Waals surface area contributed by atoms with Crippen LogP contribution >= 0.6 is 27.5 Å². The number of carboxylic acids is 1. The maximum Gasteiger partial charge on any atom is 0.312 e. The van der Waals surface area contributed by atoms with Gasteiger partial charge >= 0.3 is 5.97 Å². The minimum Gasteiger partial charge on any atom is -0.481 e. The number of rotatable bonds is 3. The van der Waals surface area contributed by atoms with Crippen LogP contribution in [0.2, 0.25) is 0 Å². The SMILES string of the molecule is CC1(Br)C(CCCl)=CC=CC1C(=O)O. The predicted octanol–water partition coefficient (Wildman–Crippen LogP) is 2.97. The summed E-state index contributed by atoms with van der Waals surface area (Å²) in [6, 6.07) is 0. The van der Waals surface area contributed by atoms with Crippen molar-refractivity contribution in [3.8, 4) is 0 Å². The molecule has 1 rings (SSSR count). The van der Waals surface area contributed by atoms with E-state index in [-0.39, 0.29) is 0 Å². The molecule has 14 heavy (non-hydrogen) atoms. The third-order valence-electron chi connectivity index (χ3n) is 2.44. The fourth-order valence-electron chi connectivity index (χ4n) is 1.57. The summed E-state index contributed by atoms with van der Waals surface area (Å²) in [7, 11) is 0. The van der Waals surface area contributed by atoms with E-state index in [1.165, 1.54) is 0 Å². The molecular formula is C10H12BrClO2. The first kappa shape index (κ1) is 11.8. The molecule has 1 aliphatic carbocycles. The first-order valence-corrected chi connectivity index (χ1v) is 5.68. The van der Waals surface area contributed by atoms with Crippen molar-refractivity contribution < 1.29 is 9.90 Å². The molecule has 2 atom stereocenters. The third kappa shape index (κ3) is 2.20. The van der Waals surface area contributed by atoms with Crippen LogP contribution in [0, 0.1) is 5.92 Å². The zero-order chi connectivity index (χ0) is 10.8. The second-order valence-corrected chi connectivity index (χ2v) is 5.43. The Bertz CT molecular complexity index is 294. The normalized spacial score (nSPS) is 31.4. The van der Waals surface area contributed by atoms with Crippen molar-refractivity contribution in [2.45, 2.75) is 17.7 Å². The molecule has 0 aromatic rings. The average molecular weight is 280 g/mol. The molecule has 0 spiro atoms. The summed E-state index contributed by atoms with van der Waals surface area (Å²) in [6.45, 7) is 1.87. The molecule has 0 radical (unpaired) electrons. The molecule has 0 fully saturated rings. The number of allylic oxidation sites excluding steroid dienone is 3. The summed E-state index contributed by atoms with van der Waals surface area (Å²) in [6.07, 6.45) is 6.10. The zero-order valence-electron chi connectivity index (χ0n) is 7.84. The molecule has 0 aromatic heterocycles. The number of halogens is 2. The fourth-order valence-corrected chi connectivity index (χ4v) is 2.45. The predicted molar refractivity (Wildman–Crippen MR) is 61.0 cm³/mol. The van der Waals surface area contributed by atoms with Gasteiger partial charge in [-0.25, -0.2) is 0 Å². The molecule has 1 N–H and O–H groups in total. The van der Waals surface area contributed by atoms with Crippen LogP contribution in [0.25, 0.3) is 0 Å². The molecule has 0 aliphatic heterocycles. The molecule has 0 bridgehead atoms. The van der Waals surface area contributed by atoms with Gasteiger partial charge in [-0.2, -0.15) is 0 Å². The number of alkyl halides is 2. The lowest BCUT2D eigenvalue weighted by atomic mass is 9.82. The second kappa shape index (κ2) is 4.49. The fraction of sp³-hybridized carbons (Fsp3) is 0.500. The molecule has 0 amide bonds. The minimum atomic E-state index is -0.819. The molecule has 0 saturated heterocycles. The Kier molecular flexibility index (Phi) is 3.78. The lowest BCUT2D eigenvalue weighted by molar-refractivity contribution is -0.140. The maximum absolute atomic E-state index is 11.0. The number of hydrogen-bond donors (Lipinski definition) is 1. The highest BCUT2D eigenvalue weighted by Crippen LogP contribution is 2.40. The molecule has 0 heterocycles. The van der Waals surface area contributed by atoms with Gasteiger partial charge in [-0.05, 0) is 13.3 Å². The van der Waals surface area contributed by atoms with Crippen molar-refractivity contribution >= 4 is 33.5 Å². The van der Waals surface area contributed by atoms with E-state index < -0.39 is 16.2 Å². The van der Waals surface area contributed by atoms with Crippen LogP contribution in [0.15, 0.2) is 23.8 Å². The highest BCUT2D eigenvalue weighted by Gasteiger charge is 2.39. The van der Waals surface area contributed by atoms with Gasteiger partial charge in [0.2, 0.25) is 0 Å². The Morgan fingerprint density at radius 3 is 2.93 bits per heavy atom. The molecule has 1 aliphatic rings. The van der Waals surface area contributed by atoms with Crippen LogP contribution in [0.5, 0.6) is 0 Å². The highest BCUT2D eigenvalue weighted by atomic mass is 79.9. The number of carbonyl (C=O) groups is 1. The molecule has 2 unspecified atom stereocenters. The van der Waals surface area contributed by atoms with E-state index in [1.54, 1.807) is 12.2 Å². The molecule has 0 aromatic carbocycles. The topological polar surface area (TPSA) is 37.3 Å². The van der Waals surface area contributed by atoms with Crippen LogP contribution in [0.3, 0.4) is 0 Å². The average Bonchev–Trinajstić information content (AvgIpc) is 2.07. The van der Waals surface area contributed by atoms with Crippen LogP contribution < -0.4 is 0 Å². The Labute approximate surface area is 96.8 Å². The van der Waals surface area contributed by atoms with E-state index in [4.69, 9.17) is 16.7 Å². The van der Waals surface area contributed by atoms with E-state index in [1.807, 2.05) is 13.0 Å². The standard InChI is InChI=1S/C10H12BrClO2/c1-10(11)7(5-6-12)3-2-4-8(10)9(13)14/h2-4,8H,5-6H2,1H3,(H,13,14). The van der Waals surface area contributed by atoms with E-state index >= 15 is 0 Å². The summed E-state index contributed by atoms with van der Waals surface area (Å²) >= 11 is 9.12. The summed E-state index contributed by atoms with van der Waals surface area (Å²) < 4.78 is -0.511. The minimum absolute atomic E-state index is 0.507. The summed E-state index contributed by atoms with van der Waals surface area (Å²) in [5.41, 5.74) is 1.03. The lowest BCUT2D eigenvalue weighted by Crippen LogP contribution is -2.36. The smallest absolute Gasteiger partial charge is 0.312 e. The van der Waals surface area contributed by atoms with E-state index in [0.717, 1.165) is 5.57 Å². The molecule has 78 valence electrons. The van der Waals surface area contributed by atoms with Gasteiger partial charge in [0.25, 0.3) is 0 Å². The van der Waals surface area contributed by atoms with Crippen molar-refractivity contribution in [3.63, 3.8) is 0 Å². The van der Waals surface area contributed by atoms with E-state index in [2.05, 4.69) is 15.9 Å². The van der Waals surface area contributed by atoms with Crippen LogP contribution in [0.1, 0.15) is 13.3 Å². The largest absolute Gasteiger partial charge is 0.481 e. The van der Waals surface area contributed by atoms with Crippen LogP contribution in [0.4, 0.5) is 0 Å². The highest BCUT2D eigenvalue weighted by molar-refractivity contribution is 9.10. The van der Waals surface area contributed by atoms with Gasteiger partial charge in [-0.3, -0.25) is 4.79 Å². The van der Waals surface area contributed by atoms with E-state index in [0.29, 0.717) is 12.3 Å². The van der Waals surface area contributed by atoms with Gasteiger partial charge in [0.15, 0.2) is 0 Å². The quantitative estimate of drug-likeness (QED) is 0.807. The third-order valence-corrected chi connectivity index (χ3v) is 3.63. The summed E-state index contributed by atoms with van der Waals surface area (Å²) in [4.78, 5) is 11.0. The number of aliphatic carboxylic acids is 1. The van der Waals surface area contributed by atoms with Gasteiger partial charge in [-0.15, -0.1) is 11.6 Å². The van der Waals surface area contributed by atoms with Crippen molar-refractivity contribution in [3.05, 3.63) is 23.8 Å². The van der Waals surface area contributed by atoms with Crippen molar-refractivity contribution in [1.82, 2.24) is 0 Å². The molecule has 2 nitrogen and oxygen atoms in total. The molecule has 0 saturated carbocycles. The van der Waals surface area contributed by atoms with E-state index in [9.17, 15) is 4.79 Å². The number of hydrogen-bond acceptors (Lipinski definition) is 1.